The van der Waals surface area contributed by atoms with Gasteiger partial charge in [0.1, 0.15) is 0 Å². The Kier molecular flexibility index (Phi) is 25.9. The van der Waals surface area contributed by atoms with Gasteiger partial charge in [0.05, 0.1) is 0 Å². The van der Waals surface area contributed by atoms with Gasteiger partial charge in [-0.05, 0) is 23.0 Å². The van der Waals surface area contributed by atoms with Gasteiger partial charge in [-0.25, -0.2) is 0 Å². The summed E-state index contributed by atoms with van der Waals surface area (Å²) in [6.07, 6.45) is 0.741. The largest absolute Gasteiger partial charge is 0.505 e. The number of rotatable bonds is 2. The molecule has 0 aromatic heterocycles. The first-order valence-corrected chi connectivity index (χ1v) is 6.61. The summed E-state index contributed by atoms with van der Waals surface area (Å²) in [4.78, 5) is 15.7. The summed E-state index contributed by atoms with van der Waals surface area (Å²) in [5.41, 5.74) is 0. The molecule has 0 radical (unpaired) electrons. The first-order valence-electron chi connectivity index (χ1n) is 3.81. The van der Waals surface area contributed by atoms with Gasteiger partial charge in [-0.2, -0.15) is 9.79 Å². The fourth-order valence-corrected chi connectivity index (χ4v) is 0. The van der Waals surface area contributed by atoms with Crippen molar-refractivity contribution < 1.29 is 18.9 Å². The molecule has 12 heavy (non-hydrogen) atoms. The lowest BCUT2D eigenvalue weighted by Gasteiger charge is -1.53. The molecule has 6 heteroatoms. The van der Waals surface area contributed by atoms with Gasteiger partial charge in [-0.15, -0.1) is 0 Å². The monoisotopic (exact) mass is 216 g/mol. The Morgan fingerprint density at radius 2 is 1.00 bits per heavy atom. The summed E-state index contributed by atoms with van der Waals surface area (Å²) in [6.45, 7) is 7.33. The normalized spacial score (nSPS) is 9.83. The average molecular weight is 216 g/mol. The highest BCUT2D eigenvalue weighted by Crippen LogP contribution is 2.08. The van der Waals surface area contributed by atoms with Crippen LogP contribution in [0.2, 0.25) is 0 Å². The van der Waals surface area contributed by atoms with Gasteiger partial charge >= 0.3 is 16.1 Å². The molecule has 0 saturated heterocycles. The van der Waals surface area contributed by atoms with Crippen molar-refractivity contribution in [2.24, 2.45) is 0 Å². The van der Waals surface area contributed by atoms with E-state index in [1.807, 2.05) is 13.8 Å². The third kappa shape index (κ3) is 49.6. The minimum atomic E-state index is -1.85. The molecule has 2 unspecified atom stereocenters. The quantitative estimate of drug-likeness (QED) is 0.695. The van der Waals surface area contributed by atoms with Gasteiger partial charge in [0.15, 0.2) is 12.3 Å². The Bertz CT molecular complexity index is 102. The van der Waals surface area contributed by atoms with E-state index < -0.39 is 16.1 Å². The second-order valence-electron chi connectivity index (χ2n) is 1.34. The van der Waals surface area contributed by atoms with Crippen molar-refractivity contribution in [3.05, 3.63) is 0 Å². The van der Waals surface area contributed by atoms with Crippen LogP contribution in [0.1, 0.15) is 27.7 Å². The summed E-state index contributed by atoms with van der Waals surface area (Å²) in [5, 5.41) is 0. The molecule has 0 aliphatic rings. The fourth-order valence-electron chi connectivity index (χ4n) is 0. The molecule has 0 aliphatic heterocycles. The summed E-state index contributed by atoms with van der Waals surface area (Å²) in [7, 11) is -3.70. The molecule has 0 saturated carbocycles. The van der Waals surface area contributed by atoms with Crippen LogP contribution in [0.4, 0.5) is 0 Å². The topological polar surface area (TPSA) is 74.6 Å². The standard InChI is InChI=1S/2C2H5O2P.C2H6/c2*1-2-5(3)4;1-2/h2*2H2,1H3;1-2H3/p+2. The summed E-state index contributed by atoms with van der Waals surface area (Å²) < 4.78 is 19.0. The molecule has 0 aromatic carbocycles. The van der Waals surface area contributed by atoms with Crippen LogP contribution >= 0.6 is 16.1 Å². The molecule has 74 valence electrons. The van der Waals surface area contributed by atoms with E-state index in [4.69, 9.17) is 9.79 Å². The average Bonchev–Trinajstić information content (AvgIpc) is 2.09. The van der Waals surface area contributed by atoms with E-state index in [1.54, 1.807) is 13.8 Å². The van der Waals surface area contributed by atoms with Crippen LogP contribution in [0.15, 0.2) is 0 Å². The van der Waals surface area contributed by atoms with Gasteiger partial charge in [0, 0.05) is 0 Å². The Morgan fingerprint density at radius 1 is 0.917 bits per heavy atom. The van der Waals surface area contributed by atoms with Crippen molar-refractivity contribution in [1.82, 2.24) is 0 Å². The molecule has 0 aliphatic carbocycles. The second-order valence-corrected chi connectivity index (χ2v) is 4.01. The first kappa shape index (κ1) is 18.0. The van der Waals surface area contributed by atoms with E-state index in [9.17, 15) is 9.13 Å². The van der Waals surface area contributed by atoms with Gasteiger partial charge in [0.2, 0.25) is 0 Å². The van der Waals surface area contributed by atoms with E-state index in [1.165, 1.54) is 0 Å². The first-order chi connectivity index (χ1) is 5.54. The Morgan fingerprint density at radius 3 is 1.00 bits per heavy atom. The lowest BCUT2D eigenvalue weighted by molar-refractivity contribution is 0.503. The fraction of sp³-hybridized carbons (Fsp3) is 1.00. The smallest absolute Gasteiger partial charge is 0.161 e. The maximum atomic E-state index is 9.52. The Labute approximate surface area is 75.7 Å². The molecule has 0 amide bonds. The molecule has 0 aromatic rings. The molecule has 2 N–H and O–H groups in total. The third-order valence-corrected chi connectivity index (χ3v) is 1.62. The minimum absolute atomic E-state index is 0.370. The van der Waals surface area contributed by atoms with E-state index in [0.29, 0.717) is 12.3 Å². The molecule has 0 fully saturated rings. The zero-order chi connectivity index (χ0) is 10.6. The minimum Gasteiger partial charge on any atom is -0.161 e. The van der Waals surface area contributed by atoms with Crippen LogP contribution in [0.5, 0.6) is 0 Å². The van der Waals surface area contributed by atoms with Crippen LogP contribution in [0, 0.1) is 0 Å². The highest BCUT2D eigenvalue weighted by Gasteiger charge is 1.99. The maximum absolute atomic E-state index is 9.52. The lowest BCUT2D eigenvalue weighted by atomic mass is 11.0. The van der Waals surface area contributed by atoms with Crippen LogP contribution in [-0.4, -0.2) is 22.1 Å². The lowest BCUT2D eigenvalue weighted by Crippen LogP contribution is -1.56. The molecule has 0 spiro atoms. The second kappa shape index (κ2) is 17.3. The van der Waals surface area contributed by atoms with E-state index >= 15 is 0 Å². The van der Waals surface area contributed by atoms with Gasteiger partial charge < -0.3 is 0 Å². The Hall–Kier alpha value is 0.120. The van der Waals surface area contributed by atoms with Crippen molar-refractivity contribution in [1.29, 1.82) is 0 Å². The molecule has 0 heterocycles. The Balaban J connectivity index is -0.000000112. The van der Waals surface area contributed by atoms with Crippen molar-refractivity contribution in [2.45, 2.75) is 27.7 Å². The molecule has 0 bridgehead atoms. The maximum Gasteiger partial charge on any atom is 0.505 e. The predicted molar refractivity (Wildman–Crippen MR) is 52.1 cm³/mol. The van der Waals surface area contributed by atoms with Crippen molar-refractivity contribution in [2.75, 3.05) is 12.3 Å². The summed E-state index contributed by atoms with van der Waals surface area (Å²) in [6, 6.07) is 0. The van der Waals surface area contributed by atoms with Gasteiger partial charge in [-0.1, -0.05) is 13.8 Å². The summed E-state index contributed by atoms with van der Waals surface area (Å²) >= 11 is 0. The van der Waals surface area contributed by atoms with Crippen LogP contribution < -0.4 is 0 Å². The summed E-state index contributed by atoms with van der Waals surface area (Å²) in [5.74, 6) is 0. The number of hydrogen-bond acceptors (Lipinski definition) is 2. The molecular weight excluding hydrogens is 198 g/mol. The van der Waals surface area contributed by atoms with Crippen LogP contribution in [0.3, 0.4) is 0 Å². The highest BCUT2D eigenvalue weighted by atomic mass is 31.1. The van der Waals surface area contributed by atoms with Crippen LogP contribution in [0.25, 0.3) is 0 Å². The zero-order valence-corrected chi connectivity index (χ0v) is 9.81. The molecular formula is C6H18O4P2+2. The van der Waals surface area contributed by atoms with Gasteiger partial charge in [-0.3, -0.25) is 0 Å². The third-order valence-electron chi connectivity index (χ3n) is 0.541. The molecule has 2 atom stereocenters. The highest BCUT2D eigenvalue weighted by molar-refractivity contribution is 7.38. The van der Waals surface area contributed by atoms with Gasteiger partial charge in [0.25, 0.3) is 0 Å². The van der Waals surface area contributed by atoms with Crippen molar-refractivity contribution in [3.63, 3.8) is 0 Å². The molecule has 0 rings (SSSR count). The SMILES string of the molecule is CC.CC[P+](=O)O.CC[P+](=O)O. The zero-order valence-electron chi connectivity index (χ0n) is 8.02. The predicted octanol–water partition coefficient (Wildman–Crippen LogP) is 2.51. The van der Waals surface area contributed by atoms with E-state index in [2.05, 4.69) is 0 Å². The van der Waals surface area contributed by atoms with E-state index in [0.717, 1.165) is 0 Å². The van der Waals surface area contributed by atoms with E-state index in [-0.39, 0.29) is 0 Å². The number of hydrogen-bond donors (Lipinski definition) is 2. The van der Waals surface area contributed by atoms with Crippen LogP contribution in [-0.2, 0) is 9.13 Å². The molecule has 4 nitrogen and oxygen atoms in total. The van der Waals surface area contributed by atoms with Crippen molar-refractivity contribution >= 4 is 16.1 Å². The van der Waals surface area contributed by atoms with Crippen molar-refractivity contribution in [3.8, 4) is 0 Å².